The van der Waals surface area contributed by atoms with Crippen molar-refractivity contribution in [1.82, 2.24) is 9.62 Å². The van der Waals surface area contributed by atoms with Crippen molar-refractivity contribution in [2.24, 2.45) is 11.3 Å². The number of sulfone groups is 1. The number of carbonyl (C=O) groups is 1. The molecule has 0 radical (unpaired) electrons. The number of ether oxygens (including phenoxy) is 1. The topological polar surface area (TPSA) is 168 Å². The van der Waals surface area contributed by atoms with E-state index in [2.05, 4.69) is 19.8 Å². The Morgan fingerprint density at radius 1 is 0.945 bits per heavy atom. The van der Waals surface area contributed by atoms with Crippen molar-refractivity contribution in [3.05, 3.63) is 88.0 Å². The predicted molar refractivity (Wildman–Crippen MR) is 211 cm³/mol. The second kappa shape index (κ2) is 15.8. The lowest BCUT2D eigenvalue weighted by Gasteiger charge is -2.56. The van der Waals surface area contributed by atoms with Crippen LogP contribution in [0.15, 0.2) is 76.5 Å². The smallest absolute Gasteiger partial charge is 0.293 e. The number of anilines is 2. The lowest BCUT2D eigenvalue weighted by molar-refractivity contribution is -0.384. The molecule has 13 nitrogen and oxygen atoms in total. The third-order valence-corrected chi connectivity index (χ3v) is 15.8. The van der Waals surface area contributed by atoms with Gasteiger partial charge in [0.05, 0.1) is 20.0 Å². The summed E-state index contributed by atoms with van der Waals surface area (Å²) in [7, 11) is -7.77. The first-order chi connectivity index (χ1) is 26.3. The zero-order valence-corrected chi connectivity index (χ0v) is 33.1. The molecule has 7 rings (SSSR count). The number of nitro benzene ring substituents is 1. The number of hydrogen-bond acceptors (Lipinski definition) is 11. The van der Waals surface area contributed by atoms with E-state index in [0.717, 1.165) is 88.3 Å². The van der Waals surface area contributed by atoms with E-state index in [1.54, 1.807) is 32.0 Å². The first-order valence-corrected chi connectivity index (χ1v) is 22.4. The minimum Gasteiger partial charge on any atom is -0.381 e. The van der Waals surface area contributed by atoms with Gasteiger partial charge >= 0.3 is 0 Å². The van der Waals surface area contributed by atoms with Gasteiger partial charge in [-0.3, -0.25) is 19.8 Å². The van der Waals surface area contributed by atoms with Crippen LogP contribution >= 0.6 is 0 Å². The first kappa shape index (κ1) is 39.2. The second-order valence-electron chi connectivity index (χ2n) is 15.9. The summed E-state index contributed by atoms with van der Waals surface area (Å²) in [6, 6.07) is 18.5. The van der Waals surface area contributed by atoms with Gasteiger partial charge in [-0.15, -0.1) is 0 Å². The zero-order valence-electron chi connectivity index (χ0n) is 31.5. The molecule has 1 atom stereocenters. The van der Waals surface area contributed by atoms with Crippen LogP contribution in [-0.2, 0) is 24.6 Å². The molecule has 296 valence electrons. The molecule has 3 heterocycles. The molecule has 0 unspecified atom stereocenters. The van der Waals surface area contributed by atoms with Gasteiger partial charge in [0.25, 0.3) is 21.6 Å². The van der Waals surface area contributed by atoms with Gasteiger partial charge in [-0.1, -0.05) is 18.2 Å². The minimum atomic E-state index is -4.39. The molecular weight excluding hydrogens is 743 g/mol. The van der Waals surface area contributed by atoms with Crippen molar-refractivity contribution >= 4 is 42.8 Å². The third kappa shape index (κ3) is 8.25. The molecule has 1 aliphatic carbocycles. The molecule has 4 fully saturated rings. The molecular formula is C40H51N5O8S2. The van der Waals surface area contributed by atoms with Crippen LogP contribution in [-0.4, -0.2) is 83.3 Å². The van der Waals surface area contributed by atoms with Gasteiger partial charge in [-0.25, -0.2) is 21.6 Å². The van der Waals surface area contributed by atoms with Crippen LogP contribution in [0.25, 0.3) is 0 Å². The normalized spacial score (nSPS) is 21.1. The van der Waals surface area contributed by atoms with Crippen LogP contribution in [0.1, 0.15) is 87.2 Å². The Hall–Kier alpha value is -4.05. The Kier molecular flexibility index (Phi) is 11.3. The monoisotopic (exact) mass is 793 g/mol. The molecule has 15 heteroatoms. The second-order valence-corrected chi connectivity index (χ2v) is 20.1. The van der Waals surface area contributed by atoms with Crippen molar-refractivity contribution < 1.29 is 31.3 Å². The fourth-order valence-corrected chi connectivity index (χ4v) is 11.2. The molecule has 4 aliphatic rings. The van der Waals surface area contributed by atoms with Crippen molar-refractivity contribution in [3.63, 3.8) is 0 Å². The fourth-order valence-electron chi connectivity index (χ4n) is 8.90. The Morgan fingerprint density at radius 2 is 1.64 bits per heavy atom. The summed E-state index contributed by atoms with van der Waals surface area (Å²) in [4.78, 5) is 29.2. The van der Waals surface area contributed by atoms with Crippen LogP contribution in [0.4, 0.5) is 17.1 Å². The molecule has 3 aromatic carbocycles. The van der Waals surface area contributed by atoms with E-state index in [4.69, 9.17) is 4.74 Å². The van der Waals surface area contributed by atoms with Gasteiger partial charge in [0.15, 0.2) is 9.84 Å². The highest BCUT2D eigenvalue weighted by atomic mass is 32.2. The first-order valence-electron chi connectivity index (χ1n) is 19.4. The number of amides is 1. The number of nitrogens with zero attached hydrogens (tertiary/aromatic N) is 3. The minimum absolute atomic E-state index is 0.117. The Labute approximate surface area is 323 Å². The van der Waals surface area contributed by atoms with E-state index in [0.29, 0.717) is 36.6 Å². The van der Waals surface area contributed by atoms with Crippen LogP contribution in [0.5, 0.6) is 0 Å². The molecule has 1 amide bonds. The van der Waals surface area contributed by atoms with Gasteiger partial charge in [-0.2, -0.15) is 0 Å². The van der Waals surface area contributed by atoms with Gasteiger partial charge in [0, 0.05) is 62.2 Å². The van der Waals surface area contributed by atoms with Crippen molar-refractivity contribution in [3.8, 4) is 0 Å². The van der Waals surface area contributed by atoms with Crippen molar-refractivity contribution in [2.75, 3.05) is 49.6 Å². The summed E-state index contributed by atoms with van der Waals surface area (Å²) in [5.74, 6) is -0.520. The molecule has 3 saturated heterocycles. The third-order valence-electron chi connectivity index (χ3n) is 12.2. The van der Waals surface area contributed by atoms with E-state index >= 15 is 0 Å². The van der Waals surface area contributed by atoms with Gasteiger partial charge in [0.1, 0.15) is 5.69 Å². The highest BCUT2D eigenvalue weighted by Crippen LogP contribution is 2.54. The Bertz CT molecular complexity index is 2100. The number of likely N-dealkylation sites (tertiary alicyclic amines) is 1. The fraction of sp³-hybridized carbons (Fsp3) is 0.525. The van der Waals surface area contributed by atoms with E-state index in [-0.39, 0.29) is 33.3 Å². The molecule has 1 saturated carbocycles. The summed E-state index contributed by atoms with van der Waals surface area (Å²) in [6.45, 7) is 7.99. The molecule has 1 spiro atoms. The quantitative estimate of drug-likeness (QED) is 0.156. The Morgan fingerprint density at radius 3 is 2.31 bits per heavy atom. The molecule has 2 N–H and O–H groups in total. The number of nitro groups is 1. The highest BCUT2D eigenvalue weighted by Gasteiger charge is 2.50. The number of nitrogens with one attached hydrogen (secondary N) is 2. The maximum Gasteiger partial charge on any atom is 0.293 e. The average molecular weight is 794 g/mol. The number of benzene rings is 3. The number of carbonyl (C=O) groups excluding carboxylic acids is 1. The standard InChI is InChI=1S/C40H51N5O8S2/c1-28(2)54(49,50)38-8-4-3-6-34(38)36-7-5-19-44(36)32-25-40(26-32)17-20-43(21-18-40)31-11-9-30(10-12-31)39(46)42-55(51,52)33-13-14-35(37(24-33)45(47)48)41-27-29-15-22-53-23-16-29/h3-4,6,8-14,24,28-29,32,36,41H,5,7,15-23,25-27H2,1-2H3,(H,42,46)/t36-/m0/s1. The number of hydrogen-bond donors (Lipinski definition) is 2. The predicted octanol–water partition coefficient (Wildman–Crippen LogP) is 6.32. The van der Waals surface area contributed by atoms with Gasteiger partial charge in [-0.05, 0) is 131 Å². The number of sulfonamides is 1. The molecule has 0 aromatic heterocycles. The molecule has 55 heavy (non-hydrogen) atoms. The Balaban J connectivity index is 0.928. The maximum atomic E-state index is 13.2. The maximum absolute atomic E-state index is 13.2. The highest BCUT2D eigenvalue weighted by molar-refractivity contribution is 7.92. The number of rotatable bonds is 12. The SMILES string of the molecule is CC(C)S(=O)(=O)c1ccccc1[C@@H]1CCCN1C1CC2(CCN(c3ccc(C(=O)NS(=O)(=O)c4ccc(NCC5CCOCC5)c([N+](=O)[O-])c4)cc3)CC2)C1. The zero-order chi connectivity index (χ0) is 39.0. The summed E-state index contributed by atoms with van der Waals surface area (Å²) >= 11 is 0. The van der Waals surface area contributed by atoms with Crippen LogP contribution in [0.2, 0.25) is 0 Å². The lowest BCUT2D eigenvalue weighted by atomic mass is 9.60. The van der Waals surface area contributed by atoms with Gasteiger partial charge < -0.3 is 15.0 Å². The molecule has 3 aromatic rings. The average Bonchev–Trinajstić information content (AvgIpc) is 3.66. The van der Waals surface area contributed by atoms with Gasteiger partial charge in [0.2, 0.25) is 0 Å². The summed E-state index contributed by atoms with van der Waals surface area (Å²) in [6.07, 6.45) is 7.98. The van der Waals surface area contributed by atoms with E-state index in [9.17, 15) is 31.7 Å². The van der Waals surface area contributed by atoms with Crippen LogP contribution < -0.4 is 14.9 Å². The summed E-state index contributed by atoms with van der Waals surface area (Å²) < 4.78 is 60.2. The molecule has 3 aliphatic heterocycles. The largest absolute Gasteiger partial charge is 0.381 e. The van der Waals surface area contributed by atoms with Crippen LogP contribution in [0, 0.1) is 21.4 Å². The van der Waals surface area contributed by atoms with E-state index in [1.165, 1.54) is 12.1 Å². The van der Waals surface area contributed by atoms with Crippen LogP contribution in [0.3, 0.4) is 0 Å². The summed E-state index contributed by atoms with van der Waals surface area (Å²) in [5, 5.41) is 14.4. The molecule has 0 bridgehead atoms. The van der Waals surface area contributed by atoms with E-state index in [1.807, 2.05) is 30.3 Å². The van der Waals surface area contributed by atoms with Crippen molar-refractivity contribution in [2.45, 2.75) is 92.3 Å². The lowest BCUT2D eigenvalue weighted by Crippen LogP contribution is -2.55. The van der Waals surface area contributed by atoms with Crippen molar-refractivity contribution in [1.29, 1.82) is 0 Å². The van der Waals surface area contributed by atoms with E-state index < -0.39 is 35.9 Å². The summed E-state index contributed by atoms with van der Waals surface area (Å²) in [5.41, 5.74) is 2.15. The number of piperidine rings is 1.